The van der Waals surface area contributed by atoms with Gasteiger partial charge in [0.25, 0.3) is 0 Å². The highest BCUT2D eigenvalue weighted by molar-refractivity contribution is 5.66. The van der Waals surface area contributed by atoms with Crippen molar-refractivity contribution in [2.45, 2.75) is 25.8 Å². The number of aromatic hydroxyl groups is 1. The van der Waals surface area contributed by atoms with Crippen LogP contribution >= 0.6 is 0 Å². The average molecular weight is 227 g/mol. The van der Waals surface area contributed by atoms with Crippen molar-refractivity contribution >= 4 is 5.97 Å². The molecule has 0 aromatic heterocycles. The Morgan fingerprint density at radius 2 is 2.19 bits per heavy atom. The Kier molecular flexibility index (Phi) is 3.84. The Labute approximate surface area is 92.5 Å². The molecule has 5 heteroatoms. The third kappa shape index (κ3) is 2.70. The Bertz CT molecular complexity index is 406. The second kappa shape index (κ2) is 4.94. The van der Waals surface area contributed by atoms with E-state index in [0.29, 0.717) is 5.56 Å². The first-order valence-corrected chi connectivity index (χ1v) is 4.88. The van der Waals surface area contributed by atoms with E-state index in [1.807, 2.05) is 0 Å². The van der Waals surface area contributed by atoms with Crippen molar-refractivity contribution in [2.75, 3.05) is 0 Å². The van der Waals surface area contributed by atoms with Crippen LogP contribution in [0.3, 0.4) is 0 Å². The first-order valence-electron chi connectivity index (χ1n) is 4.88. The number of carboxylic acids is 1. The van der Waals surface area contributed by atoms with Crippen molar-refractivity contribution in [1.29, 1.82) is 0 Å². The summed E-state index contributed by atoms with van der Waals surface area (Å²) >= 11 is 0. The smallest absolute Gasteiger partial charge is 0.303 e. The number of phenolic OH excluding ortho intramolecular Hbond substituents is 1. The van der Waals surface area contributed by atoms with Crippen molar-refractivity contribution in [3.8, 4) is 5.75 Å². The van der Waals surface area contributed by atoms with E-state index in [0.717, 1.165) is 6.07 Å². The Hall–Kier alpha value is -1.62. The zero-order chi connectivity index (χ0) is 12.3. The number of aryl methyl sites for hydroxylation is 1. The summed E-state index contributed by atoms with van der Waals surface area (Å²) in [6, 6.07) is 1.98. The monoisotopic (exact) mass is 227 g/mol. The van der Waals surface area contributed by atoms with Crippen LogP contribution in [0, 0.1) is 12.7 Å². The first kappa shape index (κ1) is 12.4. The first-order chi connectivity index (χ1) is 7.43. The molecule has 0 bridgehead atoms. The zero-order valence-corrected chi connectivity index (χ0v) is 8.90. The maximum atomic E-state index is 13.1. The summed E-state index contributed by atoms with van der Waals surface area (Å²) in [6.07, 6.45) is 0.0454. The van der Waals surface area contributed by atoms with Crippen LogP contribution < -0.4 is 5.73 Å². The predicted molar refractivity (Wildman–Crippen MR) is 56.6 cm³/mol. The Balaban J connectivity index is 2.94. The van der Waals surface area contributed by atoms with Gasteiger partial charge in [0.2, 0.25) is 0 Å². The lowest BCUT2D eigenvalue weighted by atomic mass is 9.97. The molecule has 1 aromatic rings. The van der Waals surface area contributed by atoms with Crippen LogP contribution in [0.4, 0.5) is 4.39 Å². The minimum atomic E-state index is -0.969. The molecule has 1 aromatic carbocycles. The molecule has 1 unspecified atom stereocenters. The molecule has 0 heterocycles. The molecule has 0 aliphatic rings. The van der Waals surface area contributed by atoms with Gasteiger partial charge in [-0.05, 0) is 25.0 Å². The van der Waals surface area contributed by atoms with Gasteiger partial charge >= 0.3 is 5.97 Å². The number of carboxylic acid groups (broad SMARTS) is 1. The highest BCUT2D eigenvalue weighted by Gasteiger charge is 2.17. The zero-order valence-electron chi connectivity index (χ0n) is 8.90. The van der Waals surface area contributed by atoms with Gasteiger partial charge < -0.3 is 15.9 Å². The van der Waals surface area contributed by atoms with E-state index in [1.165, 1.54) is 6.07 Å². The minimum Gasteiger partial charge on any atom is -0.505 e. The lowest BCUT2D eigenvalue weighted by Gasteiger charge is -2.15. The molecular formula is C11H14FNO3. The van der Waals surface area contributed by atoms with E-state index in [-0.39, 0.29) is 18.4 Å². The van der Waals surface area contributed by atoms with Gasteiger partial charge in [0, 0.05) is 18.0 Å². The molecule has 0 spiro atoms. The molecular weight excluding hydrogens is 213 g/mol. The van der Waals surface area contributed by atoms with Gasteiger partial charge in [-0.2, -0.15) is 0 Å². The van der Waals surface area contributed by atoms with Crippen LogP contribution in [-0.4, -0.2) is 16.2 Å². The van der Waals surface area contributed by atoms with Crippen LogP contribution in [0.1, 0.15) is 30.0 Å². The number of hydrogen-bond acceptors (Lipinski definition) is 3. The number of carbonyl (C=O) groups is 1. The lowest BCUT2D eigenvalue weighted by molar-refractivity contribution is -0.137. The van der Waals surface area contributed by atoms with Crippen LogP contribution in [-0.2, 0) is 4.79 Å². The lowest BCUT2D eigenvalue weighted by Crippen LogP contribution is -2.14. The molecule has 1 rings (SSSR count). The fourth-order valence-electron chi connectivity index (χ4n) is 1.57. The Morgan fingerprint density at radius 1 is 1.56 bits per heavy atom. The topological polar surface area (TPSA) is 83.5 Å². The van der Waals surface area contributed by atoms with Gasteiger partial charge in [-0.3, -0.25) is 4.79 Å². The molecule has 16 heavy (non-hydrogen) atoms. The molecule has 0 fully saturated rings. The second-order valence-electron chi connectivity index (χ2n) is 3.67. The number of nitrogens with two attached hydrogens (primary N) is 1. The van der Waals surface area contributed by atoms with E-state index in [1.54, 1.807) is 6.92 Å². The van der Waals surface area contributed by atoms with Gasteiger partial charge in [0.1, 0.15) is 0 Å². The minimum absolute atomic E-state index is 0.115. The maximum Gasteiger partial charge on any atom is 0.303 e. The largest absolute Gasteiger partial charge is 0.505 e. The summed E-state index contributed by atoms with van der Waals surface area (Å²) in [5.41, 5.74) is 6.65. The normalized spacial score (nSPS) is 12.4. The van der Waals surface area contributed by atoms with Crippen molar-refractivity contribution in [3.63, 3.8) is 0 Å². The highest BCUT2D eigenvalue weighted by atomic mass is 19.1. The standard InChI is InChI=1S/C11H14FNO3/c1-6-2-3-7(12)11(16)10(6)8(13)4-5-9(14)15/h2-3,8,16H,4-5,13H2,1H3,(H,14,15). The van der Waals surface area contributed by atoms with E-state index in [2.05, 4.69) is 0 Å². The van der Waals surface area contributed by atoms with Crippen molar-refractivity contribution < 1.29 is 19.4 Å². The molecule has 4 nitrogen and oxygen atoms in total. The maximum absolute atomic E-state index is 13.1. The fraction of sp³-hybridized carbons (Fsp3) is 0.364. The van der Waals surface area contributed by atoms with E-state index >= 15 is 0 Å². The van der Waals surface area contributed by atoms with Crippen LogP contribution in [0.5, 0.6) is 5.75 Å². The van der Waals surface area contributed by atoms with Crippen LogP contribution in [0.25, 0.3) is 0 Å². The molecule has 4 N–H and O–H groups in total. The number of aliphatic carboxylic acids is 1. The van der Waals surface area contributed by atoms with Crippen LogP contribution in [0.15, 0.2) is 12.1 Å². The molecule has 0 saturated heterocycles. The van der Waals surface area contributed by atoms with Crippen molar-refractivity contribution in [1.82, 2.24) is 0 Å². The van der Waals surface area contributed by atoms with Gasteiger partial charge in [-0.25, -0.2) is 4.39 Å². The summed E-state index contributed by atoms with van der Waals surface area (Å²) in [5.74, 6) is -2.20. The van der Waals surface area contributed by atoms with Gasteiger partial charge in [0.15, 0.2) is 11.6 Å². The molecule has 88 valence electrons. The molecule has 0 aliphatic heterocycles. The van der Waals surface area contributed by atoms with Crippen LogP contribution in [0.2, 0.25) is 0 Å². The quantitative estimate of drug-likeness (QED) is 0.731. The summed E-state index contributed by atoms with van der Waals surface area (Å²) in [6.45, 7) is 1.69. The summed E-state index contributed by atoms with van der Waals surface area (Å²) in [4.78, 5) is 10.4. The van der Waals surface area contributed by atoms with E-state index < -0.39 is 23.6 Å². The highest BCUT2D eigenvalue weighted by Crippen LogP contribution is 2.31. The Morgan fingerprint density at radius 3 is 2.75 bits per heavy atom. The fourth-order valence-corrected chi connectivity index (χ4v) is 1.57. The molecule has 1 atom stereocenters. The number of rotatable bonds is 4. The second-order valence-corrected chi connectivity index (χ2v) is 3.67. The molecule has 0 saturated carbocycles. The number of hydrogen-bond donors (Lipinski definition) is 3. The SMILES string of the molecule is Cc1ccc(F)c(O)c1C(N)CCC(=O)O. The summed E-state index contributed by atoms with van der Waals surface area (Å²) < 4.78 is 13.1. The van der Waals surface area contributed by atoms with Gasteiger partial charge in [-0.1, -0.05) is 6.07 Å². The predicted octanol–water partition coefficient (Wildman–Crippen LogP) is 1.70. The van der Waals surface area contributed by atoms with Crippen molar-refractivity contribution in [3.05, 3.63) is 29.1 Å². The van der Waals surface area contributed by atoms with Crippen molar-refractivity contribution in [2.24, 2.45) is 5.73 Å². The third-order valence-electron chi connectivity index (χ3n) is 2.43. The molecule has 0 radical (unpaired) electrons. The summed E-state index contributed by atoms with van der Waals surface area (Å²) in [5, 5.41) is 18.0. The van der Waals surface area contributed by atoms with Gasteiger partial charge in [-0.15, -0.1) is 0 Å². The molecule has 0 aliphatic carbocycles. The van der Waals surface area contributed by atoms with Gasteiger partial charge in [0.05, 0.1) is 0 Å². The third-order valence-corrected chi connectivity index (χ3v) is 2.43. The number of benzene rings is 1. The molecule has 0 amide bonds. The average Bonchev–Trinajstić information content (AvgIpc) is 2.21. The number of phenols is 1. The summed E-state index contributed by atoms with van der Waals surface area (Å²) in [7, 11) is 0. The number of halogens is 1. The van der Waals surface area contributed by atoms with E-state index in [9.17, 15) is 14.3 Å². The van der Waals surface area contributed by atoms with E-state index in [4.69, 9.17) is 10.8 Å².